The number of nitrogens with zero attached hydrogens (tertiary/aromatic N) is 4. The summed E-state index contributed by atoms with van der Waals surface area (Å²) in [4.78, 5) is 21.6. The molecule has 3 heterocycles. The molecule has 0 saturated carbocycles. The first-order valence-electron chi connectivity index (χ1n) is 6.43. The van der Waals surface area contributed by atoms with Crippen LogP contribution in [0.15, 0.2) is 24.7 Å². The molecule has 0 radical (unpaired) electrons. The largest absolute Gasteiger partial charge is 0.481 e. The minimum atomic E-state index is -0.705. The Morgan fingerprint density at radius 2 is 2.42 bits per heavy atom. The van der Waals surface area contributed by atoms with Crippen molar-refractivity contribution in [1.29, 1.82) is 0 Å². The molecule has 0 amide bonds. The minimum absolute atomic E-state index is 0.267. The maximum absolute atomic E-state index is 10.7. The van der Waals surface area contributed by atoms with E-state index in [1.165, 1.54) is 0 Å². The van der Waals surface area contributed by atoms with E-state index < -0.39 is 5.97 Å². The van der Waals surface area contributed by atoms with Gasteiger partial charge in [-0.15, -0.1) is 0 Å². The monoisotopic (exact) mass is 260 g/mol. The summed E-state index contributed by atoms with van der Waals surface area (Å²) in [6.45, 7) is 2.55. The average molecular weight is 260 g/mol. The van der Waals surface area contributed by atoms with Crippen LogP contribution in [0.4, 0.5) is 0 Å². The van der Waals surface area contributed by atoms with Crippen molar-refractivity contribution < 1.29 is 9.90 Å². The normalized spacial score (nSPS) is 20.1. The van der Waals surface area contributed by atoms with Gasteiger partial charge in [0.05, 0.1) is 5.69 Å². The van der Waals surface area contributed by atoms with E-state index in [1.54, 1.807) is 6.20 Å². The summed E-state index contributed by atoms with van der Waals surface area (Å²) in [6.07, 6.45) is 6.86. The number of rotatable bonds is 4. The predicted octanol–water partition coefficient (Wildman–Crippen LogP) is 1.03. The predicted molar refractivity (Wildman–Crippen MR) is 68.6 cm³/mol. The van der Waals surface area contributed by atoms with Crippen LogP contribution in [0.1, 0.15) is 18.5 Å². The zero-order valence-corrected chi connectivity index (χ0v) is 10.6. The fourth-order valence-corrected chi connectivity index (χ4v) is 2.65. The third-order valence-corrected chi connectivity index (χ3v) is 3.50. The SMILES string of the molecule is O=C(O)CC1CCN(Cc2cn3cccnc3n2)C1. The average Bonchev–Trinajstić information content (AvgIpc) is 2.94. The van der Waals surface area contributed by atoms with Crippen LogP contribution in [0.3, 0.4) is 0 Å². The number of imidazole rings is 1. The van der Waals surface area contributed by atoms with Gasteiger partial charge in [-0.25, -0.2) is 9.97 Å². The van der Waals surface area contributed by atoms with Crippen LogP contribution in [0.25, 0.3) is 5.78 Å². The van der Waals surface area contributed by atoms with Gasteiger partial charge in [0.25, 0.3) is 0 Å². The summed E-state index contributed by atoms with van der Waals surface area (Å²) < 4.78 is 1.90. The van der Waals surface area contributed by atoms with Crippen molar-refractivity contribution in [3.63, 3.8) is 0 Å². The van der Waals surface area contributed by atoms with Gasteiger partial charge in [0.1, 0.15) is 0 Å². The van der Waals surface area contributed by atoms with Gasteiger partial charge < -0.3 is 5.11 Å². The topological polar surface area (TPSA) is 70.7 Å². The molecule has 1 atom stereocenters. The molecule has 1 aliphatic rings. The number of aromatic nitrogens is 3. The highest BCUT2D eigenvalue weighted by Gasteiger charge is 2.24. The third-order valence-electron chi connectivity index (χ3n) is 3.50. The number of hydrogen-bond acceptors (Lipinski definition) is 4. The molecule has 6 nitrogen and oxygen atoms in total. The van der Waals surface area contributed by atoms with Crippen molar-refractivity contribution in [2.24, 2.45) is 5.92 Å². The molecular weight excluding hydrogens is 244 g/mol. The Balaban J connectivity index is 1.64. The summed E-state index contributed by atoms with van der Waals surface area (Å²) in [5.41, 5.74) is 0.981. The molecule has 0 spiro atoms. The van der Waals surface area contributed by atoms with Gasteiger partial charge in [-0.2, -0.15) is 0 Å². The Hall–Kier alpha value is -1.95. The van der Waals surface area contributed by atoms with Gasteiger partial charge in [-0.1, -0.05) is 0 Å². The van der Waals surface area contributed by atoms with Crippen molar-refractivity contribution >= 4 is 11.7 Å². The second kappa shape index (κ2) is 4.97. The zero-order chi connectivity index (χ0) is 13.2. The van der Waals surface area contributed by atoms with E-state index in [4.69, 9.17) is 5.11 Å². The minimum Gasteiger partial charge on any atom is -0.481 e. The second-order valence-electron chi connectivity index (χ2n) is 5.05. The fourth-order valence-electron chi connectivity index (χ4n) is 2.65. The molecule has 2 aromatic rings. The Kier molecular flexibility index (Phi) is 3.16. The maximum Gasteiger partial charge on any atom is 0.303 e. The maximum atomic E-state index is 10.7. The van der Waals surface area contributed by atoms with E-state index in [1.807, 2.05) is 22.9 Å². The van der Waals surface area contributed by atoms with Gasteiger partial charge in [0.2, 0.25) is 5.78 Å². The van der Waals surface area contributed by atoms with E-state index in [9.17, 15) is 4.79 Å². The quantitative estimate of drug-likeness (QED) is 0.889. The van der Waals surface area contributed by atoms with E-state index in [2.05, 4.69) is 14.9 Å². The summed E-state index contributed by atoms with van der Waals surface area (Å²) >= 11 is 0. The lowest BCUT2D eigenvalue weighted by Crippen LogP contribution is -2.21. The van der Waals surface area contributed by atoms with Crippen LogP contribution in [0.2, 0.25) is 0 Å². The number of likely N-dealkylation sites (tertiary alicyclic amines) is 1. The van der Waals surface area contributed by atoms with Crippen LogP contribution in [-0.2, 0) is 11.3 Å². The van der Waals surface area contributed by atoms with Crippen molar-refractivity contribution in [2.75, 3.05) is 13.1 Å². The first-order valence-corrected chi connectivity index (χ1v) is 6.43. The lowest BCUT2D eigenvalue weighted by atomic mass is 10.1. The highest BCUT2D eigenvalue weighted by molar-refractivity contribution is 5.67. The number of hydrogen-bond donors (Lipinski definition) is 1. The number of fused-ring (bicyclic) bond motifs is 1. The first kappa shape index (κ1) is 12.1. The van der Waals surface area contributed by atoms with Crippen molar-refractivity contribution in [3.8, 4) is 0 Å². The van der Waals surface area contributed by atoms with Gasteiger partial charge >= 0.3 is 5.97 Å². The number of carbonyl (C=O) groups is 1. The molecule has 3 rings (SSSR count). The molecule has 19 heavy (non-hydrogen) atoms. The molecule has 1 saturated heterocycles. The van der Waals surface area contributed by atoms with E-state index >= 15 is 0 Å². The van der Waals surface area contributed by atoms with E-state index in [0.717, 1.165) is 31.7 Å². The molecule has 0 bridgehead atoms. The first-order chi connectivity index (χ1) is 9.20. The van der Waals surface area contributed by atoms with Gasteiger partial charge in [-0.3, -0.25) is 14.1 Å². The lowest BCUT2D eigenvalue weighted by molar-refractivity contribution is -0.138. The Labute approximate surface area is 110 Å². The molecule has 6 heteroatoms. The molecule has 1 fully saturated rings. The molecule has 1 aliphatic heterocycles. The summed E-state index contributed by atoms with van der Waals surface area (Å²) in [6, 6.07) is 1.87. The molecule has 0 aliphatic carbocycles. The molecule has 1 N–H and O–H groups in total. The summed E-state index contributed by atoms with van der Waals surface area (Å²) in [5, 5.41) is 8.80. The molecule has 0 aromatic carbocycles. The zero-order valence-electron chi connectivity index (χ0n) is 10.6. The standard InChI is InChI=1S/C13H16N4O2/c18-12(19)6-10-2-5-16(7-10)8-11-9-17-4-1-3-14-13(17)15-11/h1,3-4,9-10H,2,5-8H2,(H,18,19). The Morgan fingerprint density at radius 1 is 1.53 bits per heavy atom. The van der Waals surface area contributed by atoms with Gasteiger partial charge in [-0.05, 0) is 24.9 Å². The number of carboxylic acids is 1. The van der Waals surface area contributed by atoms with Crippen LogP contribution in [0.5, 0.6) is 0 Å². The van der Waals surface area contributed by atoms with Crippen LogP contribution in [0, 0.1) is 5.92 Å². The second-order valence-corrected chi connectivity index (χ2v) is 5.05. The van der Waals surface area contributed by atoms with Crippen LogP contribution in [-0.4, -0.2) is 43.4 Å². The number of carboxylic acid groups (broad SMARTS) is 1. The molecule has 2 aromatic heterocycles. The van der Waals surface area contributed by atoms with Gasteiger partial charge in [0, 0.05) is 38.1 Å². The third kappa shape index (κ3) is 2.73. The highest BCUT2D eigenvalue weighted by atomic mass is 16.4. The fraction of sp³-hybridized carbons (Fsp3) is 0.462. The smallest absolute Gasteiger partial charge is 0.303 e. The van der Waals surface area contributed by atoms with Crippen molar-refractivity contribution in [2.45, 2.75) is 19.4 Å². The molecule has 100 valence electrons. The molecular formula is C13H16N4O2. The highest BCUT2D eigenvalue weighted by Crippen LogP contribution is 2.21. The lowest BCUT2D eigenvalue weighted by Gasteiger charge is -2.13. The summed E-state index contributed by atoms with van der Waals surface area (Å²) in [5.74, 6) is 0.273. The van der Waals surface area contributed by atoms with Gasteiger partial charge in [0.15, 0.2) is 0 Å². The Bertz CT molecular complexity index is 562. The Morgan fingerprint density at radius 3 is 3.21 bits per heavy atom. The van der Waals surface area contributed by atoms with Crippen LogP contribution < -0.4 is 0 Å². The van der Waals surface area contributed by atoms with E-state index in [-0.39, 0.29) is 12.3 Å². The van der Waals surface area contributed by atoms with E-state index in [0.29, 0.717) is 5.78 Å². The van der Waals surface area contributed by atoms with Crippen molar-refractivity contribution in [1.82, 2.24) is 19.3 Å². The van der Waals surface area contributed by atoms with Crippen LogP contribution >= 0.6 is 0 Å². The molecule has 1 unspecified atom stereocenters. The number of aliphatic carboxylic acids is 1. The van der Waals surface area contributed by atoms with Crippen molar-refractivity contribution in [3.05, 3.63) is 30.4 Å². The summed E-state index contributed by atoms with van der Waals surface area (Å²) in [7, 11) is 0.